The number of piperidine rings is 1. The van der Waals surface area contributed by atoms with Crippen LogP contribution in [0.3, 0.4) is 0 Å². The first-order chi connectivity index (χ1) is 11.5. The molecule has 2 aromatic heterocycles. The Balaban J connectivity index is 1.75. The Morgan fingerprint density at radius 3 is 2.92 bits per heavy atom. The summed E-state index contributed by atoms with van der Waals surface area (Å²) in [6.45, 7) is 2.54. The van der Waals surface area contributed by atoms with E-state index in [2.05, 4.69) is 29.5 Å². The molecule has 9 heteroatoms. The molecule has 24 heavy (non-hydrogen) atoms. The summed E-state index contributed by atoms with van der Waals surface area (Å²) in [6, 6.07) is 0. The van der Waals surface area contributed by atoms with E-state index in [1.165, 1.54) is 11.3 Å². The van der Waals surface area contributed by atoms with Crippen LogP contribution in [-0.2, 0) is 13.6 Å². The molecule has 1 aliphatic heterocycles. The fourth-order valence-electron chi connectivity index (χ4n) is 3.04. The number of rotatable bonds is 5. The van der Waals surface area contributed by atoms with Gasteiger partial charge >= 0.3 is 0 Å². The van der Waals surface area contributed by atoms with Gasteiger partial charge in [-0.15, -0.1) is 21.5 Å². The van der Waals surface area contributed by atoms with Gasteiger partial charge in [0.25, 0.3) is 5.91 Å². The van der Waals surface area contributed by atoms with Gasteiger partial charge in [0.1, 0.15) is 17.3 Å². The predicted molar refractivity (Wildman–Crippen MR) is 93.2 cm³/mol. The van der Waals surface area contributed by atoms with Crippen LogP contribution in [0.2, 0.25) is 0 Å². The maximum absolute atomic E-state index is 11.2. The molecular weight excluding hydrogens is 326 g/mol. The standard InChI is InChI=1S/C15H23N7OS/c1-20(2)8-12-18-19-14(21(12)3)10-5-4-6-22(7-10)15-17-11(9-24-15)13(16)23/h9-10H,4-8H2,1-3H3,(H2,16,23). The number of thiazole rings is 1. The van der Waals surface area contributed by atoms with E-state index in [1.807, 2.05) is 21.1 Å². The molecule has 130 valence electrons. The molecule has 8 nitrogen and oxygen atoms in total. The maximum Gasteiger partial charge on any atom is 0.268 e. The first-order valence-electron chi connectivity index (χ1n) is 7.99. The number of hydrogen-bond donors (Lipinski definition) is 1. The highest BCUT2D eigenvalue weighted by Gasteiger charge is 2.27. The predicted octanol–water partition coefficient (Wildman–Crippen LogP) is 0.816. The van der Waals surface area contributed by atoms with Crippen LogP contribution in [0.15, 0.2) is 5.38 Å². The second-order valence-corrected chi connectivity index (χ2v) is 7.27. The Morgan fingerprint density at radius 1 is 1.46 bits per heavy atom. The molecule has 1 amide bonds. The number of carbonyl (C=O) groups is 1. The topological polar surface area (TPSA) is 93.2 Å². The lowest BCUT2D eigenvalue weighted by molar-refractivity contribution is 0.0996. The fraction of sp³-hybridized carbons (Fsp3) is 0.600. The van der Waals surface area contributed by atoms with Gasteiger partial charge in [-0.25, -0.2) is 4.98 Å². The van der Waals surface area contributed by atoms with E-state index in [0.717, 1.165) is 49.3 Å². The molecule has 2 aromatic rings. The molecular formula is C15H23N7OS. The normalized spacial score (nSPS) is 18.3. The number of hydrogen-bond acceptors (Lipinski definition) is 7. The van der Waals surface area contributed by atoms with Crippen LogP contribution in [0, 0.1) is 0 Å². The lowest BCUT2D eigenvalue weighted by Crippen LogP contribution is -2.35. The summed E-state index contributed by atoms with van der Waals surface area (Å²) in [5.74, 6) is 1.82. The molecule has 0 saturated carbocycles. The number of anilines is 1. The van der Waals surface area contributed by atoms with Gasteiger partial charge in [-0.2, -0.15) is 0 Å². The summed E-state index contributed by atoms with van der Waals surface area (Å²) >= 11 is 1.46. The highest BCUT2D eigenvalue weighted by molar-refractivity contribution is 7.13. The second-order valence-electron chi connectivity index (χ2n) is 6.44. The number of aromatic nitrogens is 4. The van der Waals surface area contributed by atoms with Gasteiger partial charge < -0.3 is 20.1 Å². The van der Waals surface area contributed by atoms with Gasteiger partial charge in [-0.05, 0) is 26.9 Å². The third kappa shape index (κ3) is 3.41. The van der Waals surface area contributed by atoms with Crippen LogP contribution in [0.1, 0.15) is 40.9 Å². The highest BCUT2D eigenvalue weighted by atomic mass is 32.1. The quantitative estimate of drug-likeness (QED) is 0.859. The zero-order chi connectivity index (χ0) is 17.3. The fourth-order valence-corrected chi connectivity index (χ4v) is 3.89. The summed E-state index contributed by atoms with van der Waals surface area (Å²) < 4.78 is 2.10. The highest BCUT2D eigenvalue weighted by Crippen LogP contribution is 2.30. The Hall–Kier alpha value is -2.00. The van der Waals surface area contributed by atoms with Crippen LogP contribution in [0.25, 0.3) is 0 Å². The van der Waals surface area contributed by atoms with Crippen LogP contribution >= 0.6 is 11.3 Å². The van der Waals surface area contributed by atoms with E-state index in [4.69, 9.17) is 5.73 Å². The van der Waals surface area contributed by atoms with Crippen molar-refractivity contribution in [3.05, 3.63) is 22.7 Å². The smallest absolute Gasteiger partial charge is 0.268 e. The number of amides is 1. The van der Waals surface area contributed by atoms with Crippen molar-refractivity contribution in [1.29, 1.82) is 0 Å². The second kappa shape index (κ2) is 6.86. The molecule has 0 bridgehead atoms. The minimum absolute atomic E-state index is 0.313. The van der Waals surface area contributed by atoms with Crippen molar-refractivity contribution >= 4 is 22.4 Å². The molecule has 2 N–H and O–H groups in total. The molecule has 3 rings (SSSR count). The van der Waals surface area contributed by atoms with E-state index in [-0.39, 0.29) is 0 Å². The van der Waals surface area contributed by atoms with E-state index >= 15 is 0 Å². The SMILES string of the molecule is CN(C)Cc1nnc(C2CCCN(c3nc(C(N)=O)cs3)C2)n1C. The Morgan fingerprint density at radius 2 is 2.25 bits per heavy atom. The molecule has 0 aliphatic carbocycles. The Labute approximate surface area is 145 Å². The van der Waals surface area contributed by atoms with E-state index in [0.29, 0.717) is 11.6 Å². The summed E-state index contributed by atoms with van der Waals surface area (Å²) in [5, 5.41) is 11.3. The van der Waals surface area contributed by atoms with Crippen molar-refractivity contribution in [1.82, 2.24) is 24.6 Å². The number of nitrogens with zero attached hydrogens (tertiary/aromatic N) is 6. The Kier molecular flexibility index (Phi) is 4.81. The van der Waals surface area contributed by atoms with Gasteiger partial charge in [0, 0.05) is 31.4 Å². The lowest BCUT2D eigenvalue weighted by Gasteiger charge is -2.32. The largest absolute Gasteiger partial charge is 0.364 e. The summed E-state index contributed by atoms with van der Waals surface area (Å²) in [6.07, 6.45) is 2.14. The monoisotopic (exact) mass is 349 g/mol. The molecule has 1 aliphatic rings. The van der Waals surface area contributed by atoms with Crippen molar-refractivity contribution < 1.29 is 4.79 Å². The maximum atomic E-state index is 11.2. The molecule has 0 aromatic carbocycles. The number of primary amides is 1. The first-order valence-corrected chi connectivity index (χ1v) is 8.87. The molecule has 1 fully saturated rings. The van der Waals surface area contributed by atoms with Crippen LogP contribution in [0.5, 0.6) is 0 Å². The summed E-state index contributed by atoms with van der Waals surface area (Å²) in [4.78, 5) is 19.9. The van der Waals surface area contributed by atoms with Gasteiger partial charge in [-0.3, -0.25) is 4.79 Å². The van der Waals surface area contributed by atoms with Crippen molar-refractivity contribution in [2.24, 2.45) is 12.8 Å². The first kappa shape index (κ1) is 16.8. The number of carbonyl (C=O) groups excluding carboxylic acids is 1. The molecule has 1 atom stereocenters. The van der Waals surface area contributed by atoms with Crippen molar-refractivity contribution in [3.63, 3.8) is 0 Å². The Bertz CT molecular complexity index is 723. The van der Waals surface area contributed by atoms with Crippen LogP contribution in [0.4, 0.5) is 5.13 Å². The molecule has 1 saturated heterocycles. The minimum atomic E-state index is -0.479. The molecule has 0 radical (unpaired) electrons. The summed E-state index contributed by atoms with van der Waals surface area (Å²) in [5.41, 5.74) is 5.64. The van der Waals surface area contributed by atoms with Crippen molar-refractivity contribution in [2.45, 2.75) is 25.3 Å². The van der Waals surface area contributed by atoms with Gasteiger partial charge in [-0.1, -0.05) is 0 Å². The lowest BCUT2D eigenvalue weighted by atomic mass is 9.97. The average Bonchev–Trinajstić information content (AvgIpc) is 3.15. The molecule has 0 spiro atoms. The van der Waals surface area contributed by atoms with Crippen LogP contribution in [-0.4, -0.2) is 57.7 Å². The average molecular weight is 349 g/mol. The van der Waals surface area contributed by atoms with Crippen molar-refractivity contribution in [2.75, 3.05) is 32.1 Å². The summed E-state index contributed by atoms with van der Waals surface area (Å²) in [7, 11) is 6.08. The molecule has 1 unspecified atom stereocenters. The van der Waals surface area contributed by atoms with Gasteiger partial charge in [0.05, 0.1) is 6.54 Å². The van der Waals surface area contributed by atoms with Crippen molar-refractivity contribution in [3.8, 4) is 0 Å². The zero-order valence-electron chi connectivity index (χ0n) is 14.3. The zero-order valence-corrected chi connectivity index (χ0v) is 15.1. The minimum Gasteiger partial charge on any atom is -0.364 e. The van der Waals surface area contributed by atoms with E-state index in [9.17, 15) is 4.79 Å². The van der Waals surface area contributed by atoms with Crippen LogP contribution < -0.4 is 10.6 Å². The van der Waals surface area contributed by atoms with E-state index < -0.39 is 5.91 Å². The molecule has 3 heterocycles. The van der Waals surface area contributed by atoms with E-state index in [1.54, 1.807) is 5.38 Å². The van der Waals surface area contributed by atoms with Gasteiger partial charge in [0.15, 0.2) is 5.13 Å². The number of nitrogens with two attached hydrogens (primary N) is 1. The third-order valence-electron chi connectivity index (χ3n) is 4.26. The third-order valence-corrected chi connectivity index (χ3v) is 5.16. The van der Waals surface area contributed by atoms with Gasteiger partial charge in [0.2, 0.25) is 0 Å².